The first-order valence-corrected chi connectivity index (χ1v) is 12.2. The number of hydrogen-bond donors (Lipinski definition) is 2. The molecule has 35 heavy (non-hydrogen) atoms. The Balaban J connectivity index is 1.64. The Morgan fingerprint density at radius 2 is 1.83 bits per heavy atom. The molecule has 1 aliphatic heterocycles. The van der Waals surface area contributed by atoms with Crippen LogP contribution in [0.5, 0.6) is 0 Å². The lowest BCUT2D eigenvalue weighted by Gasteiger charge is -2.33. The molecule has 4 rings (SSSR count). The number of piperidine rings is 1. The number of pyridine rings is 1. The summed E-state index contributed by atoms with van der Waals surface area (Å²) in [5, 5.41) is 12.9. The summed E-state index contributed by atoms with van der Waals surface area (Å²) >= 11 is 12.6. The second-order valence-corrected chi connectivity index (χ2v) is 9.47. The third-order valence-corrected chi connectivity index (χ3v) is 6.96. The van der Waals surface area contributed by atoms with Crippen molar-refractivity contribution in [2.45, 2.75) is 32.2 Å². The van der Waals surface area contributed by atoms with Crippen LogP contribution < -0.4 is 10.9 Å². The second-order valence-electron chi connectivity index (χ2n) is 8.66. The van der Waals surface area contributed by atoms with Crippen LogP contribution in [0.3, 0.4) is 0 Å². The topological polar surface area (TPSA) is 74.6 Å². The fraction of sp³-hybridized carbons (Fsp3) is 0.308. The van der Waals surface area contributed by atoms with E-state index in [2.05, 4.69) is 5.32 Å². The molecule has 184 valence electrons. The first kappa shape index (κ1) is 25.2. The third kappa shape index (κ3) is 5.53. The molecule has 0 atom stereocenters. The normalized spacial score (nSPS) is 14.3. The number of likely N-dealkylation sites (tertiary alicyclic amines) is 1. The minimum absolute atomic E-state index is 0.0158. The number of anilines is 2. The van der Waals surface area contributed by atoms with Gasteiger partial charge in [-0.1, -0.05) is 41.4 Å². The molecule has 0 unspecified atom stereocenters. The van der Waals surface area contributed by atoms with Crippen molar-refractivity contribution >= 4 is 40.5 Å². The number of aryl methyl sites for hydroxylation is 1. The molecule has 1 amide bonds. The maximum atomic E-state index is 13.6. The zero-order valence-electron chi connectivity index (χ0n) is 19.2. The monoisotopic (exact) mass is 517 g/mol. The molecular formula is C26H26Cl2FN3O3. The molecule has 1 aromatic heterocycles. The lowest BCUT2D eigenvalue weighted by atomic mass is 9.89. The number of nitrogens with zero attached hydrogens (tertiary/aromatic N) is 2. The molecule has 0 aliphatic carbocycles. The lowest BCUT2D eigenvalue weighted by Crippen LogP contribution is -2.39. The molecule has 0 bridgehead atoms. The van der Waals surface area contributed by atoms with Gasteiger partial charge in [0, 0.05) is 36.5 Å². The van der Waals surface area contributed by atoms with Crippen LogP contribution in [-0.4, -0.2) is 40.2 Å². The van der Waals surface area contributed by atoms with Gasteiger partial charge in [0.2, 0.25) is 0 Å². The summed E-state index contributed by atoms with van der Waals surface area (Å²) in [7, 11) is 0. The van der Waals surface area contributed by atoms with Gasteiger partial charge < -0.3 is 19.9 Å². The zero-order valence-corrected chi connectivity index (χ0v) is 20.7. The molecule has 1 saturated heterocycles. The van der Waals surface area contributed by atoms with Gasteiger partial charge in [0.25, 0.3) is 11.5 Å². The fourth-order valence-electron chi connectivity index (χ4n) is 4.37. The number of benzene rings is 2. The van der Waals surface area contributed by atoms with Crippen LogP contribution in [0, 0.1) is 12.7 Å². The lowest BCUT2D eigenvalue weighted by molar-refractivity contribution is 0.0713. The summed E-state index contributed by atoms with van der Waals surface area (Å²) in [5.74, 6) is -0.303. The van der Waals surface area contributed by atoms with Crippen molar-refractivity contribution in [2.24, 2.45) is 0 Å². The van der Waals surface area contributed by atoms with E-state index in [9.17, 15) is 19.1 Å². The average Bonchev–Trinajstić information content (AvgIpc) is 2.86. The number of nitrogens with one attached hydrogen (secondary N) is 1. The van der Waals surface area contributed by atoms with Crippen molar-refractivity contribution in [2.75, 3.05) is 25.0 Å². The number of carbonyl (C=O) groups excluding carboxylic acids is 1. The number of halogens is 3. The number of rotatable bonds is 6. The average molecular weight is 518 g/mol. The van der Waals surface area contributed by atoms with Crippen molar-refractivity contribution in [1.82, 2.24) is 9.47 Å². The van der Waals surface area contributed by atoms with E-state index in [1.54, 1.807) is 29.2 Å². The summed E-state index contributed by atoms with van der Waals surface area (Å²) in [6.45, 7) is 2.64. The van der Waals surface area contributed by atoms with Crippen molar-refractivity contribution in [3.8, 4) is 0 Å². The predicted octanol–water partition coefficient (Wildman–Crippen LogP) is 5.36. The van der Waals surface area contributed by atoms with E-state index in [1.165, 1.54) is 22.9 Å². The molecule has 2 heterocycles. The van der Waals surface area contributed by atoms with Crippen molar-refractivity contribution in [3.05, 3.63) is 91.6 Å². The Bertz CT molecular complexity index is 1290. The van der Waals surface area contributed by atoms with E-state index in [0.717, 1.165) is 24.0 Å². The van der Waals surface area contributed by atoms with Gasteiger partial charge >= 0.3 is 0 Å². The van der Waals surface area contributed by atoms with Crippen LogP contribution >= 0.6 is 23.2 Å². The fourth-order valence-corrected chi connectivity index (χ4v) is 4.80. The number of aliphatic hydroxyl groups excluding tert-OH is 1. The summed E-state index contributed by atoms with van der Waals surface area (Å²) < 4.78 is 14.5. The summed E-state index contributed by atoms with van der Waals surface area (Å²) in [5.41, 5.74) is 2.49. The molecule has 0 saturated carbocycles. The molecule has 2 aromatic carbocycles. The van der Waals surface area contributed by atoms with E-state index in [-0.39, 0.29) is 47.1 Å². The van der Waals surface area contributed by atoms with Crippen molar-refractivity contribution in [1.29, 1.82) is 0 Å². The standard InChI is InChI=1S/C26H26Cl2FN3O3/c1-16-2-5-19(27)14-22(16)30-24-21(15-32(12-13-33)26(35)23(24)28)25(34)31-10-8-18(9-11-31)17-3-6-20(29)7-4-17/h2-7,14-15,18,30,33H,8-13H2,1H3. The zero-order chi connectivity index (χ0) is 25.1. The minimum Gasteiger partial charge on any atom is -0.395 e. The van der Waals surface area contributed by atoms with Crippen molar-refractivity contribution in [3.63, 3.8) is 0 Å². The van der Waals surface area contributed by atoms with E-state index >= 15 is 0 Å². The molecule has 6 nitrogen and oxygen atoms in total. The highest BCUT2D eigenvalue weighted by Gasteiger charge is 2.28. The summed E-state index contributed by atoms with van der Waals surface area (Å²) in [4.78, 5) is 28.2. The molecule has 0 spiro atoms. The van der Waals surface area contributed by atoms with Gasteiger partial charge in [-0.3, -0.25) is 9.59 Å². The van der Waals surface area contributed by atoms with Crippen LogP contribution in [-0.2, 0) is 6.54 Å². The van der Waals surface area contributed by atoms with E-state index in [4.69, 9.17) is 23.2 Å². The summed E-state index contributed by atoms with van der Waals surface area (Å²) in [6.07, 6.45) is 2.91. The van der Waals surface area contributed by atoms with Crippen LogP contribution in [0.1, 0.15) is 40.2 Å². The molecule has 1 aliphatic rings. The molecule has 2 N–H and O–H groups in total. The maximum absolute atomic E-state index is 13.6. The van der Waals surface area contributed by atoms with Gasteiger partial charge in [-0.25, -0.2) is 4.39 Å². The van der Waals surface area contributed by atoms with Gasteiger partial charge in [-0.15, -0.1) is 0 Å². The molecular weight excluding hydrogens is 492 g/mol. The molecule has 3 aromatic rings. The van der Waals surface area contributed by atoms with Crippen molar-refractivity contribution < 1.29 is 14.3 Å². The minimum atomic E-state index is -0.505. The maximum Gasteiger partial charge on any atom is 0.271 e. The van der Waals surface area contributed by atoms with Gasteiger partial charge in [-0.05, 0) is 61.1 Å². The molecule has 9 heteroatoms. The number of amides is 1. The quantitative estimate of drug-likeness (QED) is 0.461. The van der Waals surface area contributed by atoms with Crippen LogP contribution in [0.15, 0.2) is 53.5 Å². The second kappa shape index (κ2) is 10.8. The van der Waals surface area contributed by atoms with Crippen LogP contribution in [0.25, 0.3) is 0 Å². The Hall–Kier alpha value is -2.87. The van der Waals surface area contributed by atoms with Gasteiger partial charge in [0.05, 0.1) is 17.9 Å². The SMILES string of the molecule is Cc1ccc(Cl)cc1Nc1c(C(=O)N2CCC(c3ccc(F)cc3)CC2)cn(CCO)c(=O)c1Cl. The Morgan fingerprint density at radius 3 is 2.49 bits per heavy atom. The first-order valence-electron chi connectivity index (χ1n) is 11.4. The van der Waals surface area contributed by atoms with Gasteiger partial charge in [-0.2, -0.15) is 0 Å². The third-order valence-electron chi connectivity index (χ3n) is 6.38. The highest BCUT2D eigenvalue weighted by molar-refractivity contribution is 6.34. The van der Waals surface area contributed by atoms with Gasteiger partial charge in [0.1, 0.15) is 10.8 Å². The number of hydrogen-bond acceptors (Lipinski definition) is 4. The molecule has 1 fully saturated rings. The Kier molecular flexibility index (Phi) is 7.79. The number of aromatic nitrogens is 1. The summed E-state index contributed by atoms with van der Waals surface area (Å²) in [6, 6.07) is 11.8. The van der Waals surface area contributed by atoms with Crippen LogP contribution in [0.2, 0.25) is 10.0 Å². The first-order chi connectivity index (χ1) is 16.8. The highest BCUT2D eigenvalue weighted by Crippen LogP contribution is 2.33. The highest BCUT2D eigenvalue weighted by atomic mass is 35.5. The predicted molar refractivity (Wildman–Crippen MR) is 137 cm³/mol. The Labute approximate surface area is 212 Å². The van der Waals surface area contributed by atoms with E-state index < -0.39 is 5.56 Å². The number of aliphatic hydroxyl groups is 1. The molecule has 0 radical (unpaired) electrons. The Morgan fingerprint density at radius 1 is 1.14 bits per heavy atom. The number of carbonyl (C=O) groups is 1. The largest absolute Gasteiger partial charge is 0.395 e. The van der Waals surface area contributed by atoms with E-state index in [0.29, 0.717) is 23.8 Å². The van der Waals surface area contributed by atoms with E-state index in [1.807, 2.05) is 13.0 Å². The van der Waals surface area contributed by atoms with Gasteiger partial charge in [0.15, 0.2) is 0 Å². The smallest absolute Gasteiger partial charge is 0.271 e. The van der Waals surface area contributed by atoms with Crippen LogP contribution in [0.4, 0.5) is 15.8 Å².